The second kappa shape index (κ2) is 4.85. The Balaban J connectivity index is 1.87. The summed E-state index contributed by atoms with van der Waals surface area (Å²) in [4.78, 5) is 10.9. The highest BCUT2D eigenvalue weighted by atomic mass is 16.3. The summed E-state index contributed by atoms with van der Waals surface area (Å²) in [7, 11) is 0. The number of carbonyl (C=O) groups excluding carboxylic acids is 1. The number of aliphatic hydroxyl groups is 1. The van der Waals surface area contributed by atoms with Crippen LogP contribution in [0.4, 0.5) is 5.69 Å². The first kappa shape index (κ1) is 12.1. The number of hydrogen-bond donors (Lipinski definition) is 3. The fourth-order valence-corrected chi connectivity index (χ4v) is 1.74. The van der Waals surface area contributed by atoms with Crippen molar-refractivity contribution in [1.29, 1.82) is 0 Å². The maximum atomic E-state index is 10.9. The van der Waals surface area contributed by atoms with Gasteiger partial charge >= 0.3 is 0 Å². The highest BCUT2D eigenvalue weighted by molar-refractivity contribution is 5.88. The molecule has 1 aliphatic rings. The van der Waals surface area contributed by atoms with Crippen LogP contribution in [0.1, 0.15) is 25.3 Å². The molecule has 0 unspecified atom stereocenters. The van der Waals surface area contributed by atoms with Crippen molar-refractivity contribution in [3.63, 3.8) is 0 Å². The summed E-state index contributed by atoms with van der Waals surface area (Å²) in [6, 6.07) is 7.73. The molecule has 0 heterocycles. The molecular formula is C13H18N2O2. The molecule has 1 saturated carbocycles. The molecule has 1 fully saturated rings. The summed E-state index contributed by atoms with van der Waals surface area (Å²) in [6.45, 7) is 2.45. The van der Waals surface area contributed by atoms with E-state index in [1.807, 2.05) is 24.3 Å². The molecule has 17 heavy (non-hydrogen) atoms. The Kier molecular flexibility index (Phi) is 3.45. The van der Waals surface area contributed by atoms with Gasteiger partial charge in [0.05, 0.1) is 6.61 Å². The number of hydrogen-bond acceptors (Lipinski definition) is 3. The Labute approximate surface area is 101 Å². The van der Waals surface area contributed by atoms with Gasteiger partial charge in [-0.05, 0) is 30.5 Å². The van der Waals surface area contributed by atoms with Crippen LogP contribution in [0, 0.1) is 0 Å². The van der Waals surface area contributed by atoms with E-state index in [1.165, 1.54) is 6.92 Å². The van der Waals surface area contributed by atoms with Crippen LogP contribution in [0.3, 0.4) is 0 Å². The third-order valence-corrected chi connectivity index (χ3v) is 3.10. The van der Waals surface area contributed by atoms with Crippen molar-refractivity contribution in [3.8, 4) is 0 Å². The summed E-state index contributed by atoms with van der Waals surface area (Å²) >= 11 is 0. The van der Waals surface area contributed by atoms with Crippen molar-refractivity contribution in [2.24, 2.45) is 0 Å². The molecule has 1 aliphatic carbocycles. The average molecular weight is 234 g/mol. The number of nitrogens with one attached hydrogen (secondary N) is 2. The van der Waals surface area contributed by atoms with Crippen LogP contribution in [-0.2, 0) is 11.3 Å². The molecule has 0 bridgehead atoms. The van der Waals surface area contributed by atoms with Gasteiger partial charge in [0, 0.05) is 24.7 Å². The number of benzene rings is 1. The van der Waals surface area contributed by atoms with Crippen molar-refractivity contribution in [2.75, 3.05) is 11.9 Å². The molecule has 2 rings (SSSR count). The number of carbonyl (C=O) groups is 1. The number of anilines is 1. The van der Waals surface area contributed by atoms with E-state index in [1.54, 1.807) is 0 Å². The van der Waals surface area contributed by atoms with Gasteiger partial charge in [-0.2, -0.15) is 0 Å². The molecule has 1 aromatic rings. The summed E-state index contributed by atoms with van der Waals surface area (Å²) < 4.78 is 0. The third kappa shape index (κ3) is 3.28. The second-order valence-corrected chi connectivity index (χ2v) is 4.67. The van der Waals surface area contributed by atoms with E-state index >= 15 is 0 Å². The Bertz CT molecular complexity index is 396. The van der Waals surface area contributed by atoms with Gasteiger partial charge in [-0.3, -0.25) is 4.79 Å². The zero-order valence-corrected chi connectivity index (χ0v) is 9.99. The molecule has 0 spiro atoms. The quantitative estimate of drug-likeness (QED) is 0.718. The van der Waals surface area contributed by atoms with Crippen LogP contribution in [0.25, 0.3) is 0 Å². The van der Waals surface area contributed by atoms with E-state index in [0.717, 1.165) is 30.6 Å². The lowest BCUT2D eigenvalue weighted by Crippen LogP contribution is -2.34. The van der Waals surface area contributed by atoms with E-state index in [4.69, 9.17) is 5.11 Å². The molecule has 1 amide bonds. The lowest BCUT2D eigenvalue weighted by molar-refractivity contribution is -0.114. The summed E-state index contributed by atoms with van der Waals surface area (Å²) in [6.07, 6.45) is 2.10. The second-order valence-electron chi connectivity index (χ2n) is 4.67. The lowest BCUT2D eigenvalue weighted by atomic mass is 10.2. The van der Waals surface area contributed by atoms with Crippen molar-refractivity contribution >= 4 is 11.6 Å². The molecule has 0 atom stereocenters. The molecule has 92 valence electrons. The van der Waals surface area contributed by atoms with Gasteiger partial charge in [-0.1, -0.05) is 12.1 Å². The Morgan fingerprint density at radius 1 is 1.35 bits per heavy atom. The minimum absolute atomic E-state index is 0.0314. The first-order valence-electron chi connectivity index (χ1n) is 5.86. The summed E-state index contributed by atoms with van der Waals surface area (Å²) in [5.74, 6) is -0.0620. The third-order valence-electron chi connectivity index (χ3n) is 3.10. The van der Waals surface area contributed by atoms with Crippen LogP contribution in [0.5, 0.6) is 0 Å². The molecule has 1 aromatic carbocycles. The fraction of sp³-hybridized carbons (Fsp3) is 0.462. The standard InChI is InChI=1S/C13H18N2O2/c1-10(17)15-12-4-2-11(3-5-12)8-14-13(9-16)6-7-13/h2-5,14,16H,6-9H2,1H3,(H,15,17). The fourth-order valence-electron chi connectivity index (χ4n) is 1.74. The molecule has 0 aromatic heterocycles. The van der Waals surface area contributed by atoms with Gasteiger partial charge in [0.1, 0.15) is 0 Å². The SMILES string of the molecule is CC(=O)Nc1ccc(CNC2(CO)CC2)cc1. The Morgan fingerprint density at radius 3 is 2.47 bits per heavy atom. The Hall–Kier alpha value is -1.39. The predicted octanol–water partition coefficient (Wildman–Crippen LogP) is 1.26. The average Bonchev–Trinajstić information content (AvgIpc) is 3.08. The monoisotopic (exact) mass is 234 g/mol. The van der Waals surface area contributed by atoms with E-state index in [9.17, 15) is 4.79 Å². The largest absolute Gasteiger partial charge is 0.394 e. The van der Waals surface area contributed by atoms with Gasteiger partial charge in [-0.25, -0.2) is 0 Å². The summed E-state index contributed by atoms with van der Waals surface area (Å²) in [5.41, 5.74) is 1.93. The van der Waals surface area contributed by atoms with Crippen molar-refractivity contribution < 1.29 is 9.90 Å². The number of aliphatic hydroxyl groups excluding tert-OH is 1. The van der Waals surface area contributed by atoms with Gasteiger partial charge in [0.15, 0.2) is 0 Å². The molecule has 0 radical (unpaired) electrons. The minimum atomic E-state index is -0.0620. The smallest absolute Gasteiger partial charge is 0.221 e. The van der Waals surface area contributed by atoms with Crippen molar-refractivity contribution in [3.05, 3.63) is 29.8 Å². The van der Waals surface area contributed by atoms with Gasteiger partial charge in [0.2, 0.25) is 5.91 Å². The normalized spacial score (nSPS) is 16.6. The van der Waals surface area contributed by atoms with Gasteiger partial charge < -0.3 is 15.7 Å². The first-order valence-corrected chi connectivity index (χ1v) is 5.86. The van der Waals surface area contributed by atoms with Crippen LogP contribution in [-0.4, -0.2) is 23.2 Å². The van der Waals surface area contributed by atoms with Crippen LogP contribution in [0.2, 0.25) is 0 Å². The number of rotatable bonds is 5. The molecule has 4 heteroatoms. The summed E-state index contributed by atoms with van der Waals surface area (Å²) in [5, 5.41) is 15.3. The first-order chi connectivity index (χ1) is 8.13. The highest BCUT2D eigenvalue weighted by Crippen LogP contribution is 2.34. The molecule has 4 nitrogen and oxygen atoms in total. The molecular weight excluding hydrogens is 216 g/mol. The zero-order valence-electron chi connectivity index (χ0n) is 9.99. The van der Waals surface area contributed by atoms with E-state index < -0.39 is 0 Å². The lowest BCUT2D eigenvalue weighted by Gasteiger charge is -2.14. The predicted molar refractivity (Wildman–Crippen MR) is 66.6 cm³/mol. The van der Waals surface area contributed by atoms with Crippen LogP contribution < -0.4 is 10.6 Å². The topological polar surface area (TPSA) is 61.4 Å². The van der Waals surface area contributed by atoms with Gasteiger partial charge in [-0.15, -0.1) is 0 Å². The molecule has 0 aliphatic heterocycles. The van der Waals surface area contributed by atoms with Crippen molar-refractivity contribution in [2.45, 2.75) is 31.8 Å². The maximum absolute atomic E-state index is 10.9. The van der Waals surface area contributed by atoms with Gasteiger partial charge in [0.25, 0.3) is 0 Å². The van der Waals surface area contributed by atoms with E-state index in [0.29, 0.717) is 0 Å². The minimum Gasteiger partial charge on any atom is -0.394 e. The van der Waals surface area contributed by atoms with Crippen molar-refractivity contribution in [1.82, 2.24) is 5.32 Å². The number of amides is 1. The highest BCUT2D eigenvalue weighted by Gasteiger charge is 2.41. The van der Waals surface area contributed by atoms with Crippen LogP contribution >= 0.6 is 0 Å². The Morgan fingerprint density at radius 2 is 2.00 bits per heavy atom. The molecule has 3 N–H and O–H groups in total. The van der Waals surface area contributed by atoms with E-state index in [2.05, 4.69) is 10.6 Å². The zero-order chi connectivity index (χ0) is 12.3. The maximum Gasteiger partial charge on any atom is 0.221 e. The van der Waals surface area contributed by atoms with E-state index in [-0.39, 0.29) is 18.1 Å². The molecule has 0 saturated heterocycles. The van der Waals surface area contributed by atoms with Crippen LogP contribution in [0.15, 0.2) is 24.3 Å².